The minimum atomic E-state index is -0.612. The minimum absolute atomic E-state index is 0.0299. The third kappa shape index (κ3) is 3.13. The molecule has 2 spiro atoms. The topological polar surface area (TPSA) is 70.0 Å². The number of aliphatic hydroxyl groups is 2. The number of nitrogens with zero attached hydrogens (tertiary/aromatic N) is 1. The predicted octanol–water partition coefficient (Wildman–Crippen LogP) is 6.09. The van der Waals surface area contributed by atoms with Crippen LogP contribution in [0.2, 0.25) is 0 Å². The summed E-state index contributed by atoms with van der Waals surface area (Å²) in [6.45, 7) is 20.1. The zero-order valence-electron chi connectivity index (χ0n) is 25.4. The fraction of sp³-hybridized carbons (Fsp3) is 0.879. The molecule has 0 bridgehead atoms. The SMILES string of the molecule is CC(=O)N(C[C]1C[C@@H](C)[C@H]2[C](O1)[C@H](O)[C@@]1(C)[C]3CC[C@H]4C(C)(C)C(O)CC[C@@]45C[C@@]35CC[C@]21C)C(C)(C)C. The first-order chi connectivity index (χ1) is 17.5. The molecular formula is C33H52NO4. The summed E-state index contributed by atoms with van der Waals surface area (Å²) in [6, 6.07) is 0. The number of hydrogen-bond acceptors (Lipinski definition) is 4. The molecule has 213 valence electrons. The van der Waals surface area contributed by atoms with Gasteiger partial charge in [0.05, 0.1) is 18.8 Å². The molecule has 3 radical (unpaired) electrons. The molecule has 5 heteroatoms. The van der Waals surface area contributed by atoms with Crippen molar-refractivity contribution in [2.24, 2.45) is 44.8 Å². The van der Waals surface area contributed by atoms with E-state index in [2.05, 4.69) is 55.4 Å². The maximum atomic E-state index is 12.5. The monoisotopic (exact) mass is 526 g/mol. The van der Waals surface area contributed by atoms with Crippen LogP contribution in [0, 0.1) is 63.0 Å². The van der Waals surface area contributed by atoms with Gasteiger partial charge in [-0.2, -0.15) is 0 Å². The van der Waals surface area contributed by atoms with Gasteiger partial charge < -0.3 is 19.8 Å². The van der Waals surface area contributed by atoms with E-state index in [9.17, 15) is 15.0 Å². The Kier molecular flexibility index (Phi) is 5.79. The maximum Gasteiger partial charge on any atom is 0.219 e. The number of fused-ring (bicyclic) bond motifs is 4. The van der Waals surface area contributed by atoms with Crippen molar-refractivity contribution < 1.29 is 19.7 Å². The van der Waals surface area contributed by atoms with E-state index in [1.54, 1.807) is 12.8 Å². The first-order valence-corrected chi connectivity index (χ1v) is 15.4. The fourth-order valence-electron chi connectivity index (χ4n) is 11.6. The average molecular weight is 527 g/mol. The van der Waals surface area contributed by atoms with Gasteiger partial charge in [-0.25, -0.2) is 0 Å². The highest BCUT2D eigenvalue weighted by Crippen LogP contribution is 2.90. The van der Waals surface area contributed by atoms with E-state index in [-0.39, 0.29) is 45.1 Å². The third-order valence-corrected chi connectivity index (χ3v) is 13.6. The van der Waals surface area contributed by atoms with Crippen LogP contribution in [-0.2, 0) is 9.53 Å². The van der Waals surface area contributed by atoms with Gasteiger partial charge in [-0.1, -0.05) is 34.6 Å². The summed E-state index contributed by atoms with van der Waals surface area (Å²) in [7, 11) is 0. The summed E-state index contributed by atoms with van der Waals surface area (Å²) < 4.78 is 6.71. The molecule has 1 aliphatic heterocycles. The molecule has 9 atom stereocenters. The van der Waals surface area contributed by atoms with Gasteiger partial charge in [0, 0.05) is 23.8 Å². The summed E-state index contributed by atoms with van der Waals surface area (Å²) in [6.07, 6.45) is 9.66. The molecule has 6 fully saturated rings. The van der Waals surface area contributed by atoms with Gasteiger partial charge in [-0.3, -0.25) is 4.79 Å². The van der Waals surface area contributed by atoms with Crippen molar-refractivity contribution in [3.63, 3.8) is 0 Å². The summed E-state index contributed by atoms with van der Waals surface area (Å²) in [4.78, 5) is 14.4. The predicted molar refractivity (Wildman–Crippen MR) is 148 cm³/mol. The van der Waals surface area contributed by atoms with Crippen LogP contribution in [0.5, 0.6) is 0 Å². The lowest BCUT2D eigenvalue weighted by atomic mass is 9.41. The normalized spacial score (nSPS) is 50.3. The van der Waals surface area contributed by atoms with Gasteiger partial charge in [0.1, 0.15) is 12.2 Å². The maximum absolute atomic E-state index is 12.5. The molecule has 1 unspecified atom stereocenters. The van der Waals surface area contributed by atoms with E-state index >= 15 is 0 Å². The Bertz CT molecular complexity index is 1000. The summed E-state index contributed by atoms with van der Waals surface area (Å²) >= 11 is 0. The van der Waals surface area contributed by atoms with E-state index in [4.69, 9.17) is 4.74 Å². The van der Waals surface area contributed by atoms with Crippen molar-refractivity contribution >= 4 is 5.91 Å². The quantitative estimate of drug-likeness (QED) is 0.457. The number of carbonyl (C=O) groups excluding carboxylic acids is 1. The van der Waals surface area contributed by atoms with Crippen LogP contribution in [0.3, 0.4) is 0 Å². The Morgan fingerprint density at radius 1 is 1.08 bits per heavy atom. The number of aliphatic hydroxyl groups excluding tert-OH is 2. The van der Waals surface area contributed by atoms with Gasteiger partial charge in [0.2, 0.25) is 5.91 Å². The Morgan fingerprint density at radius 2 is 1.76 bits per heavy atom. The fourth-order valence-corrected chi connectivity index (χ4v) is 11.6. The average Bonchev–Trinajstić information content (AvgIpc) is 3.44. The minimum Gasteiger partial charge on any atom is -0.393 e. The van der Waals surface area contributed by atoms with Gasteiger partial charge in [0.15, 0.2) is 0 Å². The lowest BCUT2D eigenvalue weighted by molar-refractivity contribution is -0.135. The largest absolute Gasteiger partial charge is 0.393 e. The molecule has 5 saturated carbocycles. The van der Waals surface area contributed by atoms with Gasteiger partial charge >= 0.3 is 0 Å². The van der Waals surface area contributed by atoms with Crippen molar-refractivity contribution in [1.82, 2.24) is 4.90 Å². The van der Waals surface area contributed by atoms with Gasteiger partial charge in [0.25, 0.3) is 0 Å². The second-order valence-corrected chi connectivity index (χ2v) is 16.4. The van der Waals surface area contributed by atoms with E-state index in [1.807, 2.05) is 4.90 Å². The highest BCUT2D eigenvalue weighted by atomic mass is 16.5. The van der Waals surface area contributed by atoms with Crippen LogP contribution in [0.1, 0.15) is 114 Å². The molecule has 1 saturated heterocycles. The Balaban J connectivity index is 1.31. The molecule has 5 nitrogen and oxygen atoms in total. The van der Waals surface area contributed by atoms with Crippen molar-refractivity contribution in [1.29, 1.82) is 0 Å². The molecule has 0 aromatic carbocycles. The summed E-state index contributed by atoms with van der Waals surface area (Å²) in [5.41, 5.74) is -0.112. The van der Waals surface area contributed by atoms with Crippen molar-refractivity contribution in [3.8, 4) is 0 Å². The number of rotatable bonds is 2. The molecular weight excluding hydrogens is 474 g/mol. The Morgan fingerprint density at radius 3 is 2.39 bits per heavy atom. The summed E-state index contributed by atoms with van der Waals surface area (Å²) in [5, 5.41) is 23.2. The highest BCUT2D eigenvalue weighted by molar-refractivity contribution is 5.74. The van der Waals surface area contributed by atoms with Crippen LogP contribution in [0.15, 0.2) is 0 Å². The standard InChI is InChI=1S/C33H52NO4/c1-19-16-21(17-34(20(2)35)28(3,4)5)38-26-25(19)30(8)14-15-33-18-32(33)13-12-24(36)29(6,7)22(32)10-11-23(33)31(30,9)27(26)37/h19,22,24-25,27,36-37H,10-18H2,1-9H3/t19-,22+,24?,25+,27+,30-,31-,32-,33+/m1/s1. The highest BCUT2D eigenvalue weighted by Gasteiger charge is 2.85. The molecule has 1 amide bonds. The molecule has 38 heavy (non-hydrogen) atoms. The molecule has 5 aliphatic carbocycles. The van der Waals surface area contributed by atoms with Gasteiger partial charge in [-0.15, -0.1) is 0 Å². The molecule has 1 heterocycles. The van der Waals surface area contributed by atoms with Crippen LogP contribution in [0.4, 0.5) is 0 Å². The van der Waals surface area contributed by atoms with Crippen molar-refractivity contribution in [3.05, 3.63) is 18.1 Å². The van der Waals surface area contributed by atoms with Crippen LogP contribution in [-0.4, -0.2) is 45.3 Å². The van der Waals surface area contributed by atoms with Crippen LogP contribution in [0.25, 0.3) is 0 Å². The van der Waals surface area contributed by atoms with Crippen LogP contribution < -0.4 is 0 Å². The molecule has 0 aromatic rings. The zero-order chi connectivity index (χ0) is 27.8. The lowest BCUT2D eigenvalue weighted by Crippen LogP contribution is -2.58. The Hall–Kier alpha value is -0.650. The molecule has 0 aromatic heterocycles. The van der Waals surface area contributed by atoms with E-state index in [1.165, 1.54) is 12.8 Å². The number of hydrogen-bond donors (Lipinski definition) is 2. The van der Waals surface area contributed by atoms with Crippen molar-refractivity contribution in [2.75, 3.05) is 6.54 Å². The number of amides is 1. The first kappa shape index (κ1) is 27.5. The smallest absolute Gasteiger partial charge is 0.219 e. The van der Waals surface area contributed by atoms with E-state index in [0.29, 0.717) is 23.8 Å². The Labute approximate surface area is 231 Å². The lowest BCUT2D eigenvalue weighted by Gasteiger charge is -2.63. The summed E-state index contributed by atoms with van der Waals surface area (Å²) in [5.74, 6) is 2.85. The second kappa shape index (κ2) is 8.00. The van der Waals surface area contributed by atoms with Crippen LogP contribution >= 0.6 is 0 Å². The molecule has 6 aliphatic rings. The zero-order valence-corrected chi connectivity index (χ0v) is 25.4. The van der Waals surface area contributed by atoms with E-state index < -0.39 is 6.10 Å². The van der Waals surface area contributed by atoms with Gasteiger partial charge in [-0.05, 0) is 112 Å². The van der Waals surface area contributed by atoms with E-state index in [0.717, 1.165) is 50.7 Å². The second-order valence-electron chi connectivity index (χ2n) is 16.4. The molecule has 6 rings (SSSR count). The first-order valence-electron chi connectivity index (χ1n) is 15.4. The van der Waals surface area contributed by atoms with Crippen molar-refractivity contribution in [2.45, 2.75) is 131 Å². The number of carbonyl (C=O) groups is 1. The molecule has 2 N–H and O–H groups in total. The number of ether oxygens (including phenoxy) is 1. The third-order valence-electron chi connectivity index (χ3n) is 13.6.